The summed E-state index contributed by atoms with van der Waals surface area (Å²) in [4.78, 5) is 28.0. The number of carbonyl (C=O) groups excluding carboxylic acids is 2. The number of anilines is 1. The maximum absolute atomic E-state index is 13.4. The second kappa shape index (κ2) is 11.2. The highest BCUT2D eigenvalue weighted by atomic mass is 35.5. The van der Waals surface area contributed by atoms with Crippen molar-refractivity contribution in [3.63, 3.8) is 0 Å². The summed E-state index contributed by atoms with van der Waals surface area (Å²) in [5.74, 6) is -0.954. The first-order valence-electron chi connectivity index (χ1n) is 11.9. The molecular formula is C29H25ClN2O5. The molecule has 7 nitrogen and oxygen atoms in total. The van der Waals surface area contributed by atoms with Gasteiger partial charge in [0.1, 0.15) is 17.3 Å². The van der Waals surface area contributed by atoms with E-state index in [0.717, 1.165) is 6.42 Å². The van der Waals surface area contributed by atoms with Crippen molar-refractivity contribution in [3.05, 3.63) is 94.0 Å². The summed E-state index contributed by atoms with van der Waals surface area (Å²) in [6.07, 6.45) is 0.849. The van der Waals surface area contributed by atoms with Gasteiger partial charge in [-0.3, -0.25) is 14.5 Å². The quantitative estimate of drug-likeness (QED) is 0.223. The molecule has 1 fully saturated rings. The summed E-state index contributed by atoms with van der Waals surface area (Å²) in [5.41, 5.74) is 1.48. The summed E-state index contributed by atoms with van der Waals surface area (Å²) in [6, 6.07) is 19.2. The molecular weight excluding hydrogens is 492 g/mol. The highest BCUT2D eigenvalue weighted by Gasteiger charge is 2.47. The summed E-state index contributed by atoms with van der Waals surface area (Å²) in [5, 5.41) is 20.8. The zero-order chi connectivity index (χ0) is 26.5. The minimum Gasteiger partial charge on any atom is -0.507 e. The molecule has 8 heteroatoms. The predicted octanol–water partition coefficient (Wildman–Crippen LogP) is 6.03. The van der Waals surface area contributed by atoms with Gasteiger partial charge in [-0.1, -0.05) is 30.7 Å². The minimum atomic E-state index is -0.944. The number of hydrogen-bond acceptors (Lipinski definition) is 6. The lowest BCUT2D eigenvalue weighted by atomic mass is 9.95. The molecule has 0 bridgehead atoms. The Hall–Kier alpha value is -4.28. The van der Waals surface area contributed by atoms with E-state index in [1.165, 1.54) is 11.0 Å². The number of Topliss-reactive ketones (excluding diaryl/α,β-unsaturated/α-hetero) is 1. The minimum absolute atomic E-state index is 0.105. The third kappa shape index (κ3) is 5.16. The number of ketones is 1. The van der Waals surface area contributed by atoms with Gasteiger partial charge in [-0.15, -0.1) is 0 Å². The molecule has 4 rings (SSSR count). The Bertz CT molecular complexity index is 1390. The maximum Gasteiger partial charge on any atom is 0.300 e. The topological polar surface area (TPSA) is 99.9 Å². The van der Waals surface area contributed by atoms with Crippen molar-refractivity contribution in [3.8, 4) is 17.6 Å². The lowest BCUT2D eigenvalue weighted by molar-refractivity contribution is -0.132. The fraction of sp³-hybridized carbons (Fsp3) is 0.207. The first-order chi connectivity index (χ1) is 17.9. The number of nitrogens with zero attached hydrogens (tertiary/aromatic N) is 2. The van der Waals surface area contributed by atoms with Gasteiger partial charge in [0.15, 0.2) is 0 Å². The molecule has 3 aromatic carbocycles. The standard InChI is InChI=1S/C29H25ClN2O5/c1-3-15-37-21-11-7-19(8-12-21)26-25(27(33)23-16-22(36-4-2)13-14-24(23)30)28(34)29(35)32(26)20-9-5-18(17-31)6-10-20/h5-14,16,26,33H,3-4,15H2,1-2H3/b27-25+. The highest BCUT2D eigenvalue weighted by Crippen LogP contribution is 2.43. The van der Waals surface area contributed by atoms with Crippen LogP contribution in [-0.4, -0.2) is 30.0 Å². The van der Waals surface area contributed by atoms with Crippen LogP contribution in [0, 0.1) is 11.3 Å². The molecule has 1 aliphatic heterocycles. The lowest BCUT2D eigenvalue weighted by Crippen LogP contribution is -2.29. The zero-order valence-electron chi connectivity index (χ0n) is 20.4. The fourth-order valence-electron chi connectivity index (χ4n) is 4.16. The Kier molecular flexibility index (Phi) is 7.80. The summed E-state index contributed by atoms with van der Waals surface area (Å²) in [7, 11) is 0. The van der Waals surface area contributed by atoms with Crippen molar-refractivity contribution in [2.24, 2.45) is 0 Å². The van der Waals surface area contributed by atoms with Gasteiger partial charge in [0.05, 0.1) is 41.5 Å². The fourth-order valence-corrected chi connectivity index (χ4v) is 4.37. The number of hydrogen-bond donors (Lipinski definition) is 1. The molecule has 0 aliphatic carbocycles. The van der Waals surface area contributed by atoms with Crippen molar-refractivity contribution < 1.29 is 24.2 Å². The zero-order valence-corrected chi connectivity index (χ0v) is 21.2. The van der Waals surface area contributed by atoms with Crippen LogP contribution < -0.4 is 14.4 Å². The first-order valence-corrected chi connectivity index (χ1v) is 12.2. The van der Waals surface area contributed by atoms with Crippen LogP contribution in [0.25, 0.3) is 5.76 Å². The largest absolute Gasteiger partial charge is 0.507 e. The molecule has 0 spiro atoms. The van der Waals surface area contributed by atoms with Crippen LogP contribution >= 0.6 is 11.6 Å². The van der Waals surface area contributed by atoms with E-state index in [1.54, 1.807) is 60.7 Å². The molecule has 1 N–H and O–H groups in total. The van der Waals surface area contributed by atoms with E-state index in [9.17, 15) is 20.0 Å². The predicted molar refractivity (Wildman–Crippen MR) is 141 cm³/mol. The van der Waals surface area contributed by atoms with Crippen LogP contribution in [0.5, 0.6) is 11.5 Å². The van der Waals surface area contributed by atoms with Crippen LogP contribution in [0.1, 0.15) is 43.0 Å². The maximum atomic E-state index is 13.4. The van der Waals surface area contributed by atoms with E-state index in [1.807, 2.05) is 19.9 Å². The number of aliphatic hydroxyl groups excluding tert-OH is 1. The summed E-state index contributed by atoms with van der Waals surface area (Å²) in [6.45, 7) is 4.78. The second-order valence-electron chi connectivity index (χ2n) is 8.32. The number of nitriles is 1. The molecule has 1 aliphatic rings. The number of amides is 1. The molecule has 0 aromatic heterocycles. The summed E-state index contributed by atoms with van der Waals surface area (Å²) >= 11 is 6.40. The SMILES string of the molecule is CCCOc1ccc(C2/C(=C(\O)c3cc(OCC)ccc3Cl)C(=O)C(=O)N2c2ccc(C#N)cc2)cc1. The molecule has 0 saturated carbocycles. The van der Waals surface area contributed by atoms with Gasteiger partial charge in [-0.2, -0.15) is 5.26 Å². The van der Waals surface area contributed by atoms with E-state index >= 15 is 0 Å². The monoisotopic (exact) mass is 516 g/mol. The van der Waals surface area contributed by atoms with Crippen LogP contribution in [0.2, 0.25) is 5.02 Å². The third-order valence-electron chi connectivity index (χ3n) is 5.89. The van der Waals surface area contributed by atoms with Crippen LogP contribution in [0.4, 0.5) is 5.69 Å². The first kappa shape index (κ1) is 25.8. The molecule has 1 atom stereocenters. The van der Waals surface area contributed by atoms with Crippen molar-refractivity contribution in [1.29, 1.82) is 5.26 Å². The molecule has 1 unspecified atom stereocenters. The normalized spacial score (nSPS) is 16.5. The van der Waals surface area contributed by atoms with E-state index in [-0.39, 0.29) is 16.2 Å². The molecule has 1 amide bonds. The van der Waals surface area contributed by atoms with E-state index in [4.69, 9.17) is 21.1 Å². The summed E-state index contributed by atoms with van der Waals surface area (Å²) < 4.78 is 11.2. The van der Waals surface area contributed by atoms with Crippen LogP contribution in [0.15, 0.2) is 72.3 Å². The van der Waals surface area contributed by atoms with Crippen LogP contribution in [0.3, 0.4) is 0 Å². The second-order valence-corrected chi connectivity index (χ2v) is 8.73. The van der Waals surface area contributed by atoms with Crippen molar-refractivity contribution in [1.82, 2.24) is 0 Å². The van der Waals surface area contributed by atoms with Gasteiger partial charge in [-0.25, -0.2) is 0 Å². The number of ether oxygens (including phenoxy) is 2. The number of carbonyl (C=O) groups is 2. The average molecular weight is 517 g/mol. The van der Waals surface area contributed by atoms with E-state index in [0.29, 0.717) is 41.5 Å². The van der Waals surface area contributed by atoms with Crippen molar-refractivity contribution >= 4 is 34.7 Å². The Labute approximate surface area is 220 Å². The Balaban J connectivity index is 1.89. The Morgan fingerprint density at radius 2 is 1.68 bits per heavy atom. The molecule has 1 heterocycles. The molecule has 3 aromatic rings. The number of rotatable bonds is 8. The highest BCUT2D eigenvalue weighted by molar-refractivity contribution is 6.52. The molecule has 0 radical (unpaired) electrons. The van der Waals surface area contributed by atoms with Crippen LogP contribution in [-0.2, 0) is 9.59 Å². The number of aliphatic hydroxyl groups is 1. The van der Waals surface area contributed by atoms with Gasteiger partial charge in [0, 0.05) is 11.3 Å². The van der Waals surface area contributed by atoms with Gasteiger partial charge >= 0.3 is 0 Å². The Morgan fingerprint density at radius 3 is 2.30 bits per heavy atom. The third-order valence-corrected chi connectivity index (χ3v) is 6.22. The molecule has 1 saturated heterocycles. The molecule has 188 valence electrons. The van der Waals surface area contributed by atoms with Crippen molar-refractivity contribution in [2.75, 3.05) is 18.1 Å². The number of benzene rings is 3. The number of halogens is 1. The van der Waals surface area contributed by atoms with E-state index in [2.05, 4.69) is 0 Å². The van der Waals surface area contributed by atoms with E-state index < -0.39 is 23.5 Å². The lowest BCUT2D eigenvalue weighted by Gasteiger charge is -2.25. The van der Waals surface area contributed by atoms with Gasteiger partial charge in [0.2, 0.25) is 0 Å². The average Bonchev–Trinajstić information content (AvgIpc) is 3.18. The van der Waals surface area contributed by atoms with Gasteiger partial charge < -0.3 is 14.6 Å². The molecule has 37 heavy (non-hydrogen) atoms. The van der Waals surface area contributed by atoms with Gasteiger partial charge in [-0.05, 0) is 73.5 Å². The Morgan fingerprint density at radius 1 is 1.00 bits per heavy atom. The smallest absolute Gasteiger partial charge is 0.300 e. The van der Waals surface area contributed by atoms with Gasteiger partial charge in [0.25, 0.3) is 11.7 Å². The van der Waals surface area contributed by atoms with Crippen molar-refractivity contribution in [2.45, 2.75) is 26.3 Å².